The summed E-state index contributed by atoms with van der Waals surface area (Å²) < 4.78 is 48.0. The number of hydrogen-bond donors (Lipinski definition) is 0. The van der Waals surface area contributed by atoms with E-state index in [9.17, 15) is 16.8 Å². The number of piperidine rings is 1. The number of hydrogen-bond acceptors (Lipinski definition) is 5. The van der Waals surface area contributed by atoms with Crippen LogP contribution in [0.15, 0.2) is 29.2 Å². The fourth-order valence-electron chi connectivity index (χ4n) is 3.72. The third-order valence-corrected chi connectivity index (χ3v) is 7.88. The van der Waals surface area contributed by atoms with Crippen molar-refractivity contribution in [3.63, 3.8) is 0 Å². The summed E-state index contributed by atoms with van der Waals surface area (Å²) in [6.07, 6.45) is 5.17. The zero-order valence-electron chi connectivity index (χ0n) is 16.8. The summed E-state index contributed by atoms with van der Waals surface area (Å²) in [5, 5.41) is 0. The molecule has 0 saturated carbocycles. The van der Waals surface area contributed by atoms with Gasteiger partial charge in [-0.25, -0.2) is 21.1 Å². The van der Waals surface area contributed by atoms with Gasteiger partial charge in [0, 0.05) is 31.9 Å². The summed E-state index contributed by atoms with van der Waals surface area (Å²) in [6.45, 7) is 7.48. The molecule has 27 heavy (non-hydrogen) atoms. The maximum Gasteiger partial charge on any atom is 0.211 e. The Morgan fingerprint density at radius 2 is 1.63 bits per heavy atom. The van der Waals surface area contributed by atoms with E-state index in [1.165, 1.54) is 12.5 Å². The van der Waals surface area contributed by atoms with Crippen LogP contribution in [0.3, 0.4) is 0 Å². The van der Waals surface area contributed by atoms with Crippen LogP contribution in [0, 0.1) is 5.92 Å². The van der Waals surface area contributed by atoms with Crippen LogP contribution in [0.5, 0.6) is 0 Å². The molecule has 1 aliphatic rings. The predicted octanol–water partition coefficient (Wildman–Crippen LogP) is 2.01. The summed E-state index contributed by atoms with van der Waals surface area (Å²) in [5.74, 6) is 0.512. The predicted molar refractivity (Wildman–Crippen MR) is 109 cm³/mol. The van der Waals surface area contributed by atoms with E-state index in [1.807, 2.05) is 12.1 Å². The molecule has 0 N–H and O–H groups in total. The highest BCUT2D eigenvalue weighted by molar-refractivity contribution is 7.90. The summed E-state index contributed by atoms with van der Waals surface area (Å²) >= 11 is 0. The average Bonchev–Trinajstić information content (AvgIpc) is 2.59. The summed E-state index contributed by atoms with van der Waals surface area (Å²) in [6, 6.07) is 7.48. The molecule has 6 nitrogen and oxygen atoms in total. The number of rotatable bonds is 8. The van der Waals surface area contributed by atoms with Gasteiger partial charge in [0.05, 0.1) is 11.2 Å². The first-order chi connectivity index (χ1) is 12.5. The fraction of sp³-hybridized carbons (Fsp3) is 0.684. The first kappa shape index (κ1) is 22.3. The molecule has 0 spiro atoms. The fourth-order valence-corrected chi connectivity index (χ4v) is 5.22. The first-order valence-electron chi connectivity index (χ1n) is 9.49. The van der Waals surface area contributed by atoms with Crippen LogP contribution >= 0.6 is 0 Å². The van der Waals surface area contributed by atoms with Crippen molar-refractivity contribution in [3.05, 3.63) is 29.8 Å². The molecule has 1 atom stereocenters. The van der Waals surface area contributed by atoms with Gasteiger partial charge >= 0.3 is 0 Å². The maximum atomic E-state index is 11.6. The molecule has 0 aliphatic carbocycles. The van der Waals surface area contributed by atoms with Crippen LogP contribution in [0.25, 0.3) is 0 Å². The van der Waals surface area contributed by atoms with Crippen molar-refractivity contribution in [2.75, 3.05) is 38.7 Å². The minimum Gasteiger partial charge on any atom is -0.300 e. The van der Waals surface area contributed by atoms with E-state index < -0.39 is 19.9 Å². The van der Waals surface area contributed by atoms with Gasteiger partial charge in [0.1, 0.15) is 0 Å². The largest absolute Gasteiger partial charge is 0.300 e. The lowest BCUT2D eigenvalue weighted by atomic mass is 9.96. The van der Waals surface area contributed by atoms with E-state index >= 15 is 0 Å². The van der Waals surface area contributed by atoms with Gasteiger partial charge in [-0.2, -0.15) is 0 Å². The van der Waals surface area contributed by atoms with Crippen molar-refractivity contribution < 1.29 is 16.8 Å². The van der Waals surface area contributed by atoms with Crippen molar-refractivity contribution >= 4 is 19.9 Å². The molecule has 1 saturated heterocycles. The topological polar surface area (TPSA) is 74.8 Å². The minimum absolute atomic E-state index is 0.340. The van der Waals surface area contributed by atoms with Crippen molar-refractivity contribution in [2.24, 2.45) is 5.92 Å². The van der Waals surface area contributed by atoms with Gasteiger partial charge < -0.3 is 4.90 Å². The maximum absolute atomic E-state index is 11.6. The summed E-state index contributed by atoms with van der Waals surface area (Å²) in [7, 11) is -6.24. The van der Waals surface area contributed by atoms with Gasteiger partial charge in [-0.3, -0.25) is 0 Å². The van der Waals surface area contributed by atoms with Gasteiger partial charge in [-0.05, 0) is 56.3 Å². The van der Waals surface area contributed by atoms with E-state index in [-0.39, 0.29) is 0 Å². The standard InChI is InChI=1S/C19H32N2O4S2/c1-5-20(15-18-10-12-21(13-11-18)27(4,24)25)16(2)14-17-6-8-19(9-7-17)26(3,22)23/h6-9,16,18H,5,10-15H2,1-4H3. The summed E-state index contributed by atoms with van der Waals surface area (Å²) in [5.41, 5.74) is 1.13. The SMILES string of the molecule is CCN(CC1CCN(S(C)(=O)=O)CC1)C(C)Cc1ccc(S(C)(=O)=O)cc1. The number of sulfone groups is 1. The second kappa shape index (κ2) is 9.03. The second-order valence-corrected chi connectivity index (χ2v) is 11.7. The Morgan fingerprint density at radius 1 is 1.07 bits per heavy atom. The quantitative estimate of drug-likeness (QED) is 0.648. The van der Waals surface area contributed by atoms with E-state index in [2.05, 4.69) is 18.7 Å². The Bertz CT molecular complexity index is 812. The molecule has 1 aromatic rings. The number of likely N-dealkylation sites (N-methyl/N-ethyl adjacent to an activating group) is 1. The Morgan fingerprint density at radius 3 is 2.07 bits per heavy atom. The van der Waals surface area contributed by atoms with Crippen molar-refractivity contribution in [1.82, 2.24) is 9.21 Å². The summed E-state index contributed by atoms with van der Waals surface area (Å²) in [4.78, 5) is 2.79. The number of sulfonamides is 1. The molecule has 8 heteroatoms. The monoisotopic (exact) mass is 416 g/mol. The third kappa shape index (κ3) is 6.55. The van der Waals surface area contributed by atoms with E-state index in [4.69, 9.17) is 0 Å². The number of nitrogens with zero attached hydrogens (tertiary/aromatic N) is 2. The Balaban J connectivity index is 1.91. The van der Waals surface area contributed by atoms with Gasteiger partial charge in [0.25, 0.3) is 0 Å². The molecule has 2 rings (SSSR count). The molecule has 0 radical (unpaired) electrons. The molecule has 0 amide bonds. The highest BCUT2D eigenvalue weighted by Crippen LogP contribution is 2.22. The van der Waals surface area contributed by atoms with Crippen LogP contribution in [0.4, 0.5) is 0 Å². The third-order valence-electron chi connectivity index (χ3n) is 5.45. The van der Waals surface area contributed by atoms with E-state index in [0.717, 1.165) is 37.9 Å². The smallest absolute Gasteiger partial charge is 0.211 e. The van der Waals surface area contributed by atoms with Crippen LogP contribution in [0.1, 0.15) is 32.3 Å². The Kier molecular flexibility index (Phi) is 7.47. The van der Waals surface area contributed by atoms with Crippen molar-refractivity contribution in [3.8, 4) is 0 Å². The molecular weight excluding hydrogens is 384 g/mol. The molecule has 1 aromatic carbocycles. The highest BCUT2D eigenvalue weighted by atomic mass is 32.2. The molecule has 1 aliphatic heterocycles. The lowest BCUT2D eigenvalue weighted by Gasteiger charge is -2.36. The molecule has 1 unspecified atom stereocenters. The van der Waals surface area contributed by atoms with E-state index in [0.29, 0.717) is 29.9 Å². The lowest BCUT2D eigenvalue weighted by Crippen LogP contribution is -2.43. The minimum atomic E-state index is -3.16. The van der Waals surface area contributed by atoms with Crippen LogP contribution < -0.4 is 0 Å². The Labute approximate surface area is 164 Å². The molecule has 0 bridgehead atoms. The zero-order valence-corrected chi connectivity index (χ0v) is 18.4. The molecule has 154 valence electrons. The van der Waals surface area contributed by atoms with Gasteiger partial charge in [0.2, 0.25) is 10.0 Å². The molecule has 1 heterocycles. The second-order valence-electron chi connectivity index (χ2n) is 7.66. The normalized spacial score (nSPS) is 18.7. The van der Waals surface area contributed by atoms with Crippen LogP contribution in [0.2, 0.25) is 0 Å². The lowest BCUT2D eigenvalue weighted by molar-refractivity contribution is 0.152. The van der Waals surface area contributed by atoms with Gasteiger partial charge in [-0.15, -0.1) is 0 Å². The van der Waals surface area contributed by atoms with Crippen LogP contribution in [-0.2, 0) is 26.3 Å². The molecule has 1 fully saturated rings. The average molecular weight is 417 g/mol. The van der Waals surface area contributed by atoms with Gasteiger partial charge in [-0.1, -0.05) is 19.1 Å². The first-order valence-corrected chi connectivity index (χ1v) is 13.2. The molecule has 0 aromatic heterocycles. The van der Waals surface area contributed by atoms with E-state index in [1.54, 1.807) is 16.4 Å². The van der Waals surface area contributed by atoms with Crippen molar-refractivity contribution in [1.29, 1.82) is 0 Å². The number of benzene rings is 1. The van der Waals surface area contributed by atoms with Gasteiger partial charge in [0.15, 0.2) is 9.84 Å². The van der Waals surface area contributed by atoms with Crippen molar-refractivity contribution in [2.45, 2.75) is 44.0 Å². The zero-order chi connectivity index (χ0) is 20.2. The molecular formula is C19H32N2O4S2. The highest BCUT2D eigenvalue weighted by Gasteiger charge is 2.27. The van der Waals surface area contributed by atoms with Crippen LogP contribution in [-0.4, -0.2) is 70.8 Å². The Hall–Kier alpha value is -0.960.